The number of nitrogens with zero attached hydrogens (tertiary/aromatic N) is 1. The molecule has 0 bridgehead atoms. The van der Waals surface area contributed by atoms with Crippen LogP contribution in [0.2, 0.25) is 0 Å². The van der Waals surface area contributed by atoms with E-state index >= 15 is 0 Å². The predicted octanol–water partition coefficient (Wildman–Crippen LogP) is 4.73. The highest BCUT2D eigenvalue weighted by Crippen LogP contribution is 2.15. The first kappa shape index (κ1) is 17.7. The first-order chi connectivity index (χ1) is 13.7. The zero-order chi connectivity index (χ0) is 19.3. The normalized spacial score (nSPS) is 11.5. The van der Waals surface area contributed by atoms with Gasteiger partial charge in [0.25, 0.3) is 5.91 Å². The van der Waals surface area contributed by atoms with Crippen molar-refractivity contribution in [1.82, 2.24) is 5.32 Å². The van der Waals surface area contributed by atoms with Crippen LogP contribution in [0.3, 0.4) is 0 Å². The van der Waals surface area contributed by atoms with E-state index in [1.165, 1.54) is 24.3 Å². The second-order valence-electron chi connectivity index (χ2n) is 6.26. The first-order valence-electron chi connectivity index (χ1n) is 8.84. The maximum absolute atomic E-state index is 13.2. The van der Waals surface area contributed by atoms with E-state index in [9.17, 15) is 9.18 Å². The molecule has 4 rings (SSSR count). The fraction of sp³-hybridized carbons (Fsp3) is 0.0435. The summed E-state index contributed by atoms with van der Waals surface area (Å²) in [4.78, 5) is 17.2. The maximum atomic E-state index is 13.2. The number of rotatable bonds is 4. The molecule has 3 aromatic carbocycles. The van der Waals surface area contributed by atoms with Gasteiger partial charge in [-0.25, -0.2) is 9.38 Å². The SMILES string of the molecule is O=C(NCc1ccccc1)c1cc2ccccc2oc1=Nc1ccc(F)cc1. The van der Waals surface area contributed by atoms with Crippen LogP contribution in [0.5, 0.6) is 0 Å². The fourth-order valence-electron chi connectivity index (χ4n) is 2.82. The second kappa shape index (κ2) is 7.88. The van der Waals surface area contributed by atoms with E-state index in [2.05, 4.69) is 10.3 Å². The van der Waals surface area contributed by atoms with Crippen LogP contribution in [0.25, 0.3) is 11.0 Å². The Hall–Kier alpha value is -3.73. The summed E-state index contributed by atoms with van der Waals surface area (Å²) in [6.45, 7) is 0.391. The zero-order valence-electron chi connectivity index (χ0n) is 14.9. The topological polar surface area (TPSA) is 54.6 Å². The molecular weight excluding hydrogens is 355 g/mol. The van der Waals surface area contributed by atoms with Crippen LogP contribution in [-0.2, 0) is 6.54 Å². The van der Waals surface area contributed by atoms with Gasteiger partial charge in [-0.1, -0.05) is 48.5 Å². The van der Waals surface area contributed by atoms with Gasteiger partial charge in [0.2, 0.25) is 5.55 Å². The maximum Gasteiger partial charge on any atom is 0.257 e. The summed E-state index contributed by atoms with van der Waals surface area (Å²) in [5, 5.41) is 3.69. The Balaban J connectivity index is 1.74. The lowest BCUT2D eigenvalue weighted by Gasteiger charge is -2.07. The minimum absolute atomic E-state index is 0.177. The van der Waals surface area contributed by atoms with Crippen LogP contribution in [0.1, 0.15) is 15.9 Å². The van der Waals surface area contributed by atoms with Crippen molar-refractivity contribution in [3.8, 4) is 0 Å². The highest BCUT2D eigenvalue weighted by atomic mass is 19.1. The van der Waals surface area contributed by atoms with E-state index in [0.29, 0.717) is 23.4 Å². The van der Waals surface area contributed by atoms with Gasteiger partial charge in [0.05, 0.1) is 5.69 Å². The Labute approximate surface area is 161 Å². The van der Waals surface area contributed by atoms with Crippen molar-refractivity contribution in [2.75, 3.05) is 0 Å². The minimum Gasteiger partial charge on any atom is -0.438 e. The lowest BCUT2D eigenvalue weighted by molar-refractivity contribution is 0.0947. The number of halogens is 1. The molecule has 1 N–H and O–H groups in total. The molecule has 0 fully saturated rings. The van der Waals surface area contributed by atoms with Crippen LogP contribution in [0.15, 0.2) is 94.3 Å². The third-order valence-corrected chi connectivity index (χ3v) is 4.25. The summed E-state index contributed by atoms with van der Waals surface area (Å²) in [6, 6.07) is 24.5. The van der Waals surface area contributed by atoms with Crippen molar-refractivity contribution in [2.45, 2.75) is 6.54 Å². The average molecular weight is 372 g/mol. The summed E-state index contributed by atoms with van der Waals surface area (Å²) < 4.78 is 19.1. The van der Waals surface area contributed by atoms with Crippen LogP contribution < -0.4 is 10.9 Å². The van der Waals surface area contributed by atoms with E-state index in [1.807, 2.05) is 54.6 Å². The van der Waals surface area contributed by atoms with E-state index in [0.717, 1.165) is 10.9 Å². The number of para-hydroxylation sites is 1. The van der Waals surface area contributed by atoms with Crippen molar-refractivity contribution in [3.05, 3.63) is 107 Å². The van der Waals surface area contributed by atoms with Crippen LogP contribution in [-0.4, -0.2) is 5.91 Å². The van der Waals surface area contributed by atoms with Crippen LogP contribution in [0.4, 0.5) is 10.1 Å². The molecule has 0 saturated carbocycles. The molecule has 1 heterocycles. The van der Waals surface area contributed by atoms with Crippen molar-refractivity contribution < 1.29 is 13.6 Å². The molecule has 0 spiro atoms. The number of amides is 1. The molecule has 1 amide bonds. The Morgan fingerprint density at radius 2 is 1.64 bits per heavy atom. The molecule has 0 aliphatic carbocycles. The van der Waals surface area contributed by atoms with Gasteiger partial charge in [0.1, 0.15) is 17.0 Å². The van der Waals surface area contributed by atoms with Gasteiger partial charge in [0.15, 0.2) is 0 Å². The molecule has 0 radical (unpaired) electrons. The number of hydrogen-bond donors (Lipinski definition) is 1. The molecule has 4 aromatic rings. The van der Waals surface area contributed by atoms with Crippen molar-refractivity contribution in [1.29, 1.82) is 0 Å². The Kier molecular flexibility index (Phi) is 4.97. The lowest BCUT2D eigenvalue weighted by Crippen LogP contribution is -2.28. The van der Waals surface area contributed by atoms with Gasteiger partial charge in [-0.3, -0.25) is 4.79 Å². The molecule has 4 nitrogen and oxygen atoms in total. The summed E-state index contributed by atoms with van der Waals surface area (Å²) in [5.74, 6) is -0.644. The van der Waals surface area contributed by atoms with Crippen molar-refractivity contribution in [2.24, 2.45) is 4.99 Å². The standard InChI is InChI=1S/C23H17FN2O2/c24-18-10-12-19(13-11-18)26-23-20(14-17-8-4-5-9-21(17)28-23)22(27)25-15-16-6-2-1-3-7-16/h1-14H,15H2,(H,25,27). The molecule has 1 aromatic heterocycles. The fourth-order valence-corrected chi connectivity index (χ4v) is 2.82. The van der Waals surface area contributed by atoms with E-state index < -0.39 is 0 Å². The summed E-state index contributed by atoms with van der Waals surface area (Å²) in [6.07, 6.45) is 0. The minimum atomic E-state index is -0.352. The molecule has 5 heteroatoms. The first-order valence-corrected chi connectivity index (χ1v) is 8.84. The van der Waals surface area contributed by atoms with Crippen LogP contribution >= 0.6 is 0 Å². The highest BCUT2D eigenvalue weighted by molar-refractivity contribution is 5.96. The quantitative estimate of drug-likeness (QED) is 0.563. The zero-order valence-corrected chi connectivity index (χ0v) is 14.9. The molecule has 0 aliphatic heterocycles. The smallest absolute Gasteiger partial charge is 0.257 e. The molecular formula is C23H17FN2O2. The number of benzene rings is 3. The third-order valence-electron chi connectivity index (χ3n) is 4.25. The highest BCUT2D eigenvalue weighted by Gasteiger charge is 2.12. The van der Waals surface area contributed by atoms with Crippen molar-refractivity contribution in [3.63, 3.8) is 0 Å². The number of nitrogens with one attached hydrogen (secondary N) is 1. The summed E-state index contributed by atoms with van der Waals surface area (Å²) in [7, 11) is 0. The van der Waals surface area contributed by atoms with Crippen LogP contribution in [0, 0.1) is 5.82 Å². The van der Waals surface area contributed by atoms with E-state index in [-0.39, 0.29) is 17.3 Å². The second-order valence-corrected chi connectivity index (χ2v) is 6.26. The largest absolute Gasteiger partial charge is 0.438 e. The Morgan fingerprint density at radius 1 is 0.929 bits per heavy atom. The van der Waals surface area contributed by atoms with E-state index in [4.69, 9.17) is 4.42 Å². The summed E-state index contributed by atoms with van der Waals surface area (Å²) >= 11 is 0. The lowest BCUT2D eigenvalue weighted by atomic mass is 10.1. The molecule has 0 aliphatic rings. The summed E-state index contributed by atoms with van der Waals surface area (Å²) in [5.41, 5.74) is 2.60. The monoisotopic (exact) mass is 372 g/mol. The Morgan fingerprint density at radius 3 is 2.43 bits per heavy atom. The molecule has 0 atom stereocenters. The van der Waals surface area contributed by atoms with Gasteiger partial charge < -0.3 is 9.73 Å². The van der Waals surface area contributed by atoms with Gasteiger partial charge in [-0.2, -0.15) is 0 Å². The van der Waals surface area contributed by atoms with Gasteiger partial charge in [-0.15, -0.1) is 0 Å². The van der Waals surface area contributed by atoms with Gasteiger partial charge >= 0.3 is 0 Å². The van der Waals surface area contributed by atoms with E-state index in [1.54, 1.807) is 6.07 Å². The third kappa shape index (κ3) is 3.99. The number of carbonyl (C=O) groups excluding carboxylic acids is 1. The number of hydrogen-bond acceptors (Lipinski definition) is 3. The molecule has 28 heavy (non-hydrogen) atoms. The Bertz CT molecular complexity index is 1180. The number of carbonyl (C=O) groups is 1. The van der Waals surface area contributed by atoms with Gasteiger partial charge in [-0.05, 0) is 42.0 Å². The molecule has 138 valence electrons. The molecule has 0 unspecified atom stereocenters. The number of fused-ring (bicyclic) bond motifs is 1. The predicted molar refractivity (Wildman–Crippen MR) is 105 cm³/mol. The van der Waals surface area contributed by atoms with Gasteiger partial charge in [0, 0.05) is 11.9 Å². The average Bonchev–Trinajstić information content (AvgIpc) is 2.74. The molecule has 0 saturated heterocycles. The van der Waals surface area contributed by atoms with Crippen molar-refractivity contribution >= 4 is 22.6 Å².